The summed E-state index contributed by atoms with van der Waals surface area (Å²) in [5.74, 6) is 0. The molecule has 15 heavy (non-hydrogen) atoms. The van der Waals surface area contributed by atoms with Gasteiger partial charge >= 0.3 is 0 Å². The molecular weight excluding hydrogens is 212 g/mol. The first-order valence-electron chi connectivity index (χ1n) is 4.91. The Labute approximate surface area is 93.6 Å². The second kappa shape index (κ2) is 4.64. The number of aryl methyl sites for hydroxylation is 1. The summed E-state index contributed by atoms with van der Waals surface area (Å²) in [6.07, 6.45) is 5.81. The van der Waals surface area contributed by atoms with Gasteiger partial charge in [0, 0.05) is 26.1 Å². The Kier molecular flexibility index (Phi) is 3.23. The summed E-state index contributed by atoms with van der Waals surface area (Å²) in [4.78, 5) is 4.47. The lowest BCUT2D eigenvalue weighted by Crippen LogP contribution is -1.92. The zero-order valence-electron chi connectivity index (χ0n) is 8.61. The van der Waals surface area contributed by atoms with Gasteiger partial charge in [-0.1, -0.05) is 11.6 Å². The molecule has 2 rings (SSSR count). The van der Waals surface area contributed by atoms with Crippen LogP contribution in [0.4, 0.5) is 0 Å². The van der Waals surface area contributed by atoms with Crippen molar-refractivity contribution in [2.75, 3.05) is 13.7 Å². The lowest BCUT2D eigenvalue weighted by atomic mass is 10.3. The predicted molar refractivity (Wildman–Crippen MR) is 60.4 cm³/mol. The molecule has 0 amide bonds. The third-order valence-electron chi connectivity index (χ3n) is 2.25. The van der Waals surface area contributed by atoms with Crippen LogP contribution in [-0.4, -0.2) is 23.1 Å². The van der Waals surface area contributed by atoms with Crippen LogP contribution in [0.3, 0.4) is 0 Å². The lowest BCUT2D eigenvalue weighted by molar-refractivity contribution is 0.195. The number of ether oxygens (including phenoxy) is 1. The van der Waals surface area contributed by atoms with Crippen LogP contribution in [0.1, 0.15) is 12.1 Å². The van der Waals surface area contributed by atoms with Gasteiger partial charge in [0.25, 0.3) is 0 Å². The molecule has 0 fully saturated rings. The number of halogens is 1. The zero-order chi connectivity index (χ0) is 10.7. The molecule has 0 spiro atoms. The van der Waals surface area contributed by atoms with Gasteiger partial charge in [0.1, 0.15) is 5.65 Å². The molecule has 0 aliphatic heterocycles. The van der Waals surface area contributed by atoms with Crippen molar-refractivity contribution >= 4 is 17.2 Å². The van der Waals surface area contributed by atoms with Crippen molar-refractivity contribution in [2.24, 2.45) is 0 Å². The third kappa shape index (κ3) is 2.49. The third-order valence-corrected chi connectivity index (χ3v) is 2.47. The standard InChI is InChI=1S/C11H13ClN2O/c1-15-6-2-3-10-8-14-7-9(12)4-5-11(14)13-10/h4-5,7-8H,2-3,6H2,1H3. The molecule has 2 heterocycles. The summed E-state index contributed by atoms with van der Waals surface area (Å²) >= 11 is 5.89. The number of methoxy groups -OCH3 is 1. The van der Waals surface area contributed by atoms with E-state index in [0.717, 1.165) is 35.8 Å². The van der Waals surface area contributed by atoms with Crippen LogP contribution in [0.5, 0.6) is 0 Å². The molecule has 0 saturated heterocycles. The average Bonchev–Trinajstić information content (AvgIpc) is 2.60. The average molecular weight is 225 g/mol. The minimum Gasteiger partial charge on any atom is -0.385 e. The minimum absolute atomic E-state index is 0.725. The van der Waals surface area contributed by atoms with Gasteiger partial charge in [-0.3, -0.25) is 0 Å². The second-order valence-corrected chi connectivity index (χ2v) is 3.88. The first-order chi connectivity index (χ1) is 7.29. The quantitative estimate of drug-likeness (QED) is 0.747. The van der Waals surface area contributed by atoms with Crippen molar-refractivity contribution in [1.82, 2.24) is 9.38 Å². The van der Waals surface area contributed by atoms with Gasteiger partial charge in [0.2, 0.25) is 0 Å². The highest BCUT2D eigenvalue weighted by Gasteiger charge is 2.01. The highest BCUT2D eigenvalue weighted by atomic mass is 35.5. The SMILES string of the molecule is COCCCc1cn2cc(Cl)ccc2n1. The Hall–Kier alpha value is -1.06. The number of imidazole rings is 1. The molecule has 0 aliphatic rings. The monoisotopic (exact) mass is 224 g/mol. The molecule has 0 aliphatic carbocycles. The number of fused-ring (bicyclic) bond motifs is 1. The molecule has 0 radical (unpaired) electrons. The van der Waals surface area contributed by atoms with Gasteiger partial charge in [-0.25, -0.2) is 4.98 Å². The molecule has 0 bridgehead atoms. The molecule has 3 nitrogen and oxygen atoms in total. The van der Waals surface area contributed by atoms with Crippen LogP contribution in [0, 0.1) is 0 Å². The number of aromatic nitrogens is 2. The first-order valence-corrected chi connectivity index (χ1v) is 5.29. The van der Waals surface area contributed by atoms with Crippen molar-refractivity contribution < 1.29 is 4.74 Å². The van der Waals surface area contributed by atoms with Gasteiger partial charge < -0.3 is 9.14 Å². The molecule has 0 aromatic carbocycles. The van der Waals surface area contributed by atoms with Crippen molar-refractivity contribution in [3.8, 4) is 0 Å². The Morgan fingerprint density at radius 2 is 2.27 bits per heavy atom. The van der Waals surface area contributed by atoms with E-state index in [0.29, 0.717) is 0 Å². The first kappa shape index (κ1) is 10.5. The van der Waals surface area contributed by atoms with Gasteiger partial charge in [0.15, 0.2) is 0 Å². The molecular formula is C11H13ClN2O. The van der Waals surface area contributed by atoms with Crippen LogP contribution < -0.4 is 0 Å². The molecule has 0 unspecified atom stereocenters. The summed E-state index contributed by atoms with van der Waals surface area (Å²) in [5, 5.41) is 0.725. The highest BCUT2D eigenvalue weighted by Crippen LogP contribution is 2.12. The zero-order valence-corrected chi connectivity index (χ0v) is 9.37. The Balaban J connectivity index is 2.16. The molecule has 0 atom stereocenters. The molecule has 0 N–H and O–H groups in total. The van der Waals surface area contributed by atoms with E-state index in [1.165, 1.54) is 0 Å². The Morgan fingerprint density at radius 3 is 3.07 bits per heavy atom. The summed E-state index contributed by atoms with van der Waals surface area (Å²) in [7, 11) is 1.71. The Bertz CT molecular complexity index is 453. The van der Waals surface area contributed by atoms with E-state index in [-0.39, 0.29) is 0 Å². The van der Waals surface area contributed by atoms with Crippen LogP contribution >= 0.6 is 11.6 Å². The summed E-state index contributed by atoms with van der Waals surface area (Å²) < 4.78 is 6.95. The maximum Gasteiger partial charge on any atom is 0.137 e. The van der Waals surface area contributed by atoms with E-state index in [4.69, 9.17) is 16.3 Å². The highest BCUT2D eigenvalue weighted by molar-refractivity contribution is 6.30. The van der Waals surface area contributed by atoms with Crippen LogP contribution in [0.15, 0.2) is 24.5 Å². The normalized spacial score (nSPS) is 11.1. The van der Waals surface area contributed by atoms with Crippen molar-refractivity contribution in [2.45, 2.75) is 12.8 Å². The smallest absolute Gasteiger partial charge is 0.137 e. The maximum absolute atomic E-state index is 5.89. The number of hydrogen-bond donors (Lipinski definition) is 0. The van der Waals surface area contributed by atoms with E-state index < -0.39 is 0 Å². The fourth-order valence-electron chi connectivity index (χ4n) is 1.54. The summed E-state index contributed by atoms with van der Waals surface area (Å²) in [5.41, 5.74) is 2.01. The fraction of sp³-hybridized carbons (Fsp3) is 0.364. The molecule has 80 valence electrons. The maximum atomic E-state index is 5.89. The predicted octanol–water partition coefficient (Wildman–Crippen LogP) is 2.57. The van der Waals surface area contributed by atoms with Crippen molar-refractivity contribution in [3.63, 3.8) is 0 Å². The second-order valence-electron chi connectivity index (χ2n) is 3.44. The van der Waals surface area contributed by atoms with Crippen LogP contribution in [-0.2, 0) is 11.2 Å². The van der Waals surface area contributed by atoms with E-state index >= 15 is 0 Å². The molecule has 2 aromatic heterocycles. The van der Waals surface area contributed by atoms with Crippen molar-refractivity contribution in [1.29, 1.82) is 0 Å². The molecule has 4 heteroatoms. The van der Waals surface area contributed by atoms with E-state index in [1.54, 1.807) is 7.11 Å². The van der Waals surface area contributed by atoms with Crippen molar-refractivity contribution in [3.05, 3.63) is 35.2 Å². The summed E-state index contributed by atoms with van der Waals surface area (Å²) in [6.45, 7) is 0.772. The van der Waals surface area contributed by atoms with Gasteiger partial charge in [-0.05, 0) is 25.0 Å². The van der Waals surface area contributed by atoms with Crippen LogP contribution in [0.2, 0.25) is 5.02 Å². The molecule has 0 saturated carbocycles. The number of pyridine rings is 1. The lowest BCUT2D eigenvalue weighted by Gasteiger charge is -1.94. The van der Waals surface area contributed by atoms with E-state index in [2.05, 4.69) is 4.98 Å². The van der Waals surface area contributed by atoms with E-state index in [9.17, 15) is 0 Å². The molecule has 2 aromatic rings. The summed E-state index contributed by atoms with van der Waals surface area (Å²) in [6, 6.07) is 3.77. The minimum atomic E-state index is 0.725. The fourth-order valence-corrected chi connectivity index (χ4v) is 1.70. The van der Waals surface area contributed by atoms with Crippen LogP contribution in [0.25, 0.3) is 5.65 Å². The number of hydrogen-bond acceptors (Lipinski definition) is 2. The van der Waals surface area contributed by atoms with Gasteiger partial charge in [-0.15, -0.1) is 0 Å². The largest absolute Gasteiger partial charge is 0.385 e. The Morgan fingerprint density at radius 1 is 1.40 bits per heavy atom. The number of nitrogens with zero attached hydrogens (tertiary/aromatic N) is 2. The topological polar surface area (TPSA) is 26.5 Å². The number of rotatable bonds is 4. The van der Waals surface area contributed by atoms with Gasteiger partial charge in [-0.2, -0.15) is 0 Å². The van der Waals surface area contributed by atoms with Gasteiger partial charge in [0.05, 0.1) is 10.7 Å². The van der Waals surface area contributed by atoms with E-state index in [1.807, 2.05) is 28.9 Å².